The number of carbonyl (C=O) groups excluding carboxylic acids is 1. The molecule has 1 amide bonds. The third-order valence-corrected chi connectivity index (χ3v) is 4.41. The van der Waals surface area contributed by atoms with Crippen LogP contribution in [0.15, 0.2) is 0 Å². The first-order valence-corrected chi connectivity index (χ1v) is 7.78. The van der Waals surface area contributed by atoms with Crippen LogP contribution in [-0.4, -0.2) is 37.0 Å². The maximum Gasteiger partial charge on any atom is 0.222 e. The molecule has 2 rings (SSSR count). The highest BCUT2D eigenvalue weighted by Crippen LogP contribution is 2.30. The molecular formula is C15H28N2O. The van der Waals surface area contributed by atoms with Crippen molar-refractivity contribution in [1.82, 2.24) is 10.2 Å². The van der Waals surface area contributed by atoms with E-state index in [1.807, 2.05) is 0 Å². The second-order valence-corrected chi connectivity index (χ2v) is 6.05. The van der Waals surface area contributed by atoms with Crippen molar-refractivity contribution in [3.8, 4) is 0 Å². The molecule has 1 N–H and O–H groups in total. The average molecular weight is 252 g/mol. The lowest BCUT2D eigenvalue weighted by molar-refractivity contribution is -0.133. The van der Waals surface area contributed by atoms with Gasteiger partial charge >= 0.3 is 0 Å². The van der Waals surface area contributed by atoms with Crippen molar-refractivity contribution >= 4 is 5.91 Å². The molecule has 2 fully saturated rings. The summed E-state index contributed by atoms with van der Waals surface area (Å²) in [5, 5.41) is 3.45. The van der Waals surface area contributed by atoms with Crippen molar-refractivity contribution in [1.29, 1.82) is 0 Å². The van der Waals surface area contributed by atoms with Gasteiger partial charge in [0.2, 0.25) is 5.91 Å². The molecule has 1 heterocycles. The number of rotatable bonds is 6. The molecular weight excluding hydrogens is 224 g/mol. The van der Waals surface area contributed by atoms with Gasteiger partial charge in [0, 0.05) is 19.5 Å². The Hall–Kier alpha value is -0.570. The molecule has 1 saturated heterocycles. The number of hydrogen-bond acceptors (Lipinski definition) is 2. The molecule has 0 spiro atoms. The number of piperidine rings is 1. The van der Waals surface area contributed by atoms with Gasteiger partial charge in [0.15, 0.2) is 0 Å². The summed E-state index contributed by atoms with van der Waals surface area (Å²) < 4.78 is 0. The fourth-order valence-electron chi connectivity index (χ4n) is 3.05. The maximum atomic E-state index is 12.3. The van der Waals surface area contributed by atoms with Crippen molar-refractivity contribution < 1.29 is 4.79 Å². The molecule has 18 heavy (non-hydrogen) atoms. The Kier molecular flexibility index (Phi) is 5.48. The Labute approximate surface area is 111 Å². The van der Waals surface area contributed by atoms with E-state index in [0.717, 1.165) is 39.0 Å². The molecule has 1 saturated carbocycles. The number of carbonyl (C=O) groups is 1. The zero-order valence-electron chi connectivity index (χ0n) is 11.8. The van der Waals surface area contributed by atoms with Gasteiger partial charge in [-0.3, -0.25) is 4.79 Å². The van der Waals surface area contributed by atoms with E-state index < -0.39 is 0 Å². The summed E-state index contributed by atoms with van der Waals surface area (Å²) in [6, 6.07) is 0. The first kappa shape index (κ1) is 13.9. The molecule has 0 aromatic rings. The van der Waals surface area contributed by atoms with Crippen LogP contribution in [0, 0.1) is 11.8 Å². The fraction of sp³-hybridized carbons (Fsp3) is 0.933. The van der Waals surface area contributed by atoms with Crippen molar-refractivity contribution in [2.45, 2.75) is 51.9 Å². The lowest BCUT2D eigenvalue weighted by Crippen LogP contribution is -2.42. The van der Waals surface area contributed by atoms with E-state index in [0.29, 0.717) is 17.7 Å². The predicted molar refractivity (Wildman–Crippen MR) is 74.4 cm³/mol. The highest BCUT2D eigenvalue weighted by Gasteiger charge is 2.25. The minimum Gasteiger partial charge on any atom is -0.342 e. The van der Waals surface area contributed by atoms with E-state index in [2.05, 4.69) is 17.1 Å². The van der Waals surface area contributed by atoms with Gasteiger partial charge in [0.25, 0.3) is 0 Å². The second-order valence-electron chi connectivity index (χ2n) is 6.05. The summed E-state index contributed by atoms with van der Waals surface area (Å²) in [5.41, 5.74) is 0. The van der Waals surface area contributed by atoms with Gasteiger partial charge in [-0.2, -0.15) is 0 Å². The van der Waals surface area contributed by atoms with Crippen molar-refractivity contribution in [2.75, 3.05) is 26.2 Å². The molecule has 3 heteroatoms. The van der Waals surface area contributed by atoms with Gasteiger partial charge in [0.05, 0.1) is 0 Å². The molecule has 104 valence electrons. The van der Waals surface area contributed by atoms with Crippen LogP contribution in [-0.2, 0) is 4.79 Å². The lowest BCUT2D eigenvalue weighted by Gasteiger charge is -2.32. The van der Waals surface area contributed by atoms with Crippen LogP contribution in [0.5, 0.6) is 0 Å². The Balaban J connectivity index is 1.79. The highest BCUT2D eigenvalue weighted by atomic mass is 16.2. The van der Waals surface area contributed by atoms with Gasteiger partial charge in [-0.25, -0.2) is 0 Å². The molecule has 1 atom stereocenters. The predicted octanol–water partition coefficient (Wildman–Crippen LogP) is 2.41. The van der Waals surface area contributed by atoms with Gasteiger partial charge in [-0.15, -0.1) is 0 Å². The van der Waals surface area contributed by atoms with Crippen LogP contribution in [0.1, 0.15) is 51.9 Å². The Bertz CT molecular complexity index is 257. The number of amides is 1. The van der Waals surface area contributed by atoms with Crippen molar-refractivity contribution in [3.63, 3.8) is 0 Å². The third-order valence-electron chi connectivity index (χ3n) is 4.41. The highest BCUT2D eigenvalue weighted by molar-refractivity contribution is 5.76. The van der Waals surface area contributed by atoms with Crippen LogP contribution < -0.4 is 5.32 Å². The van der Waals surface area contributed by atoms with E-state index in [-0.39, 0.29) is 0 Å². The van der Waals surface area contributed by atoms with E-state index in [1.54, 1.807) is 0 Å². The fourth-order valence-corrected chi connectivity index (χ4v) is 3.05. The second kappa shape index (κ2) is 7.13. The van der Waals surface area contributed by atoms with Crippen LogP contribution in [0.2, 0.25) is 0 Å². The van der Waals surface area contributed by atoms with Gasteiger partial charge in [-0.1, -0.05) is 13.3 Å². The molecule has 1 aliphatic carbocycles. The molecule has 0 radical (unpaired) electrons. The minimum atomic E-state index is 0.409. The first-order valence-electron chi connectivity index (χ1n) is 7.78. The summed E-state index contributed by atoms with van der Waals surface area (Å²) >= 11 is 0. The van der Waals surface area contributed by atoms with Crippen molar-refractivity contribution in [3.05, 3.63) is 0 Å². The van der Waals surface area contributed by atoms with Gasteiger partial charge in [0.1, 0.15) is 0 Å². The molecule has 0 aromatic carbocycles. The van der Waals surface area contributed by atoms with Crippen LogP contribution in [0.4, 0.5) is 0 Å². The molecule has 1 aliphatic heterocycles. The quantitative estimate of drug-likeness (QED) is 0.787. The standard InChI is InChI=1S/C15H28N2O/c1-2-9-17(12-14-7-4-8-16-11-14)15(18)10-13-5-3-6-13/h13-14,16H,2-12H2,1H3. The minimum absolute atomic E-state index is 0.409. The third kappa shape index (κ3) is 3.98. The zero-order chi connectivity index (χ0) is 12.8. The normalized spacial score (nSPS) is 24.6. The number of nitrogens with zero attached hydrogens (tertiary/aromatic N) is 1. The summed E-state index contributed by atoms with van der Waals surface area (Å²) in [4.78, 5) is 14.5. The topological polar surface area (TPSA) is 32.3 Å². The average Bonchev–Trinajstić information content (AvgIpc) is 2.34. The molecule has 3 nitrogen and oxygen atoms in total. The van der Waals surface area contributed by atoms with Crippen molar-refractivity contribution in [2.24, 2.45) is 11.8 Å². The number of nitrogens with one attached hydrogen (secondary N) is 1. The zero-order valence-corrected chi connectivity index (χ0v) is 11.8. The Morgan fingerprint density at radius 1 is 1.22 bits per heavy atom. The SMILES string of the molecule is CCCN(CC1CCCNC1)C(=O)CC1CCC1. The Morgan fingerprint density at radius 3 is 2.56 bits per heavy atom. The van der Waals surface area contributed by atoms with Gasteiger partial charge in [-0.05, 0) is 57.0 Å². The molecule has 2 aliphatic rings. The monoisotopic (exact) mass is 252 g/mol. The van der Waals surface area contributed by atoms with E-state index >= 15 is 0 Å². The molecule has 0 aromatic heterocycles. The number of hydrogen-bond donors (Lipinski definition) is 1. The largest absolute Gasteiger partial charge is 0.342 e. The summed E-state index contributed by atoms with van der Waals surface area (Å²) in [6.07, 6.45) is 8.31. The Morgan fingerprint density at radius 2 is 2.00 bits per heavy atom. The first-order chi connectivity index (χ1) is 8.79. The molecule has 0 bridgehead atoms. The van der Waals surface area contributed by atoms with E-state index in [9.17, 15) is 4.79 Å². The van der Waals surface area contributed by atoms with Crippen LogP contribution in [0.25, 0.3) is 0 Å². The smallest absolute Gasteiger partial charge is 0.222 e. The summed E-state index contributed by atoms with van der Waals surface area (Å²) in [5.74, 6) is 1.78. The van der Waals surface area contributed by atoms with Crippen LogP contribution >= 0.6 is 0 Å². The molecule has 1 unspecified atom stereocenters. The maximum absolute atomic E-state index is 12.3. The summed E-state index contributed by atoms with van der Waals surface area (Å²) in [7, 11) is 0. The van der Waals surface area contributed by atoms with Crippen LogP contribution in [0.3, 0.4) is 0 Å². The summed E-state index contributed by atoms with van der Waals surface area (Å²) in [6.45, 7) is 6.34. The van der Waals surface area contributed by atoms with Gasteiger partial charge < -0.3 is 10.2 Å². The lowest BCUT2D eigenvalue weighted by atomic mass is 9.82. The van der Waals surface area contributed by atoms with E-state index in [1.165, 1.54) is 32.1 Å². The van der Waals surface area contributed by atoms with E-state index in [4.69, 9.17) is 0 Å².